The Bertz CT molecular complexity index is 885. The minimum atomic E-state index is -0.175. The van der Waals surface area contributed by atoms with Crippen molar-refractivity contribution in [2.45, 2.75) is 38.3 Å². The van der Waals surface area contributed by atoms with Crippen molar-refractivity contribution in [3.63, 3.8) is 0 Å². The van der Waals surface area contributed by atoms with Crippen molar-refractivity contribution in [1.82, 2.24) is 4.90 Å². The summed E-state index contributed by atoms with van der Waals surface area (Å²) in [6, 6.07) is 13.1. The third-order valence-corrected chi connectivity index (χ3v) is 6.36. The van der Waals surface area contributed by atoms with E-state index in [1.807, 2.05) is 43.4 Å². The standard InChI is InChI=1S/C23H26Cl2N2O2/c1-26(20-5-2-3-7-22(20)29-15-16-8-9-16)23(28)21-6-4-12-27(21)14-17-13-18(24)10-11-19(17)25/h2-3,5,7,10-11,13,16,21H,4,6,8-9,12,14-15H2,1H3/t21-/m0/s1. The van der Waals surface area contributed by atoms with E-state index in [0.717, 1.165) is 43.0 Å². The summed E-state index contributed by atoms with van der Waals surface area (Å²) < 4.78 is 6.01. The van der Waals surface area contributed by atoms with Crippen LogP contribution in [0.2, 0.25) is 10.0 Å². The molecule has 6 heteroatoms. The molecule has 2 fully saturated rings. The molecule has 0 radical (unpaired) electrons. The van der Waals surface area contributed by atoms with Gasteiger partial charge in [-0.25, -0.2) is 0 Å². The normalized spacial score (nSPS) is 19.3. The number of halogens is 2. The first-order valence-electron chi connectivity index (χ1n) is 10.2. The molecule has 0 spiro atoms. The number of hydrogen-bond donors (Lipinski definition) is 0. The largest absolute Gasteiger partial charge is 0.491 e. The van der Waals surface area contributed by atoms with Crippen LogP contribution in [-0.4, -0.2) is 37.0 Å². The van der Waals surface area contributed by atoms with E-state index in [-0.39, 0.29) is 11.9 Å². The van der Waals surface area contributed by atoms with Crippen LogP contribution < -0.4 is 9.64 Å². The molecule has 1 heterocycles. The number of para-hydroxylation sites is 2. The van der Waals surface area contributed by atoms with Gasteiger partial charge in [-0.15, -0.1) is 0 Å². The minimum absolute atomic E-state index is 0.0862. The van der Waals surface area contributed by atoms with Crippen molar-refractivity contribution < 1.29 is 9.53 Å². The summed E-state index contributed by atoms with van der Waals surface area (Å²) in [6.45, 7) is 2.21. The molecule has 0 bridgehead atoms. The molecule has 4 rings (SSSR count). The Balaban J connectivity index is 1.48. The number of carbonyl (C=O) groups excluding carboxylic acids is 1. The second-order valence-corrected chi connectivity index (χ2v) is 8.83. The van der Waals surface area contributed by atoms with E-state index in [0.29, 0.717) is 22.5 Å². The molecule has 2 aromatic carbocycles. The fraction of sp³-hybridized carbons (Fsp3) is 0.435. The van der Waals surface area contributed by atoms with Crippen molar-refractivity contribution in [3.8, 4) is 5.75 Å². The lowest BCUT2D eigenvalue weighted by Crippen LogP contribution is -2.44. The molecule has 1 aliphatic heterocycles. The first-order chi connectivity index (χ1) is 14.0. The first kappa shape index (κ1) is 20.5. The van der Waals surface area contributed by atoms with Gasteiger partial charge in [0.25, 0.3) is 0 Å². The summed E-state index contributed by atoms with van der Waals surface area (Å²) >= 11 is 12.5. The Morgan fingerprint density at radius 3 is 2.76 bits per heavy atom. The van der Waals surface area contributed by atoms with Crippen LogP contribution in [0.4, 0.5) is 5.69 Å². The van der Waals surface area contributed by atoms with E-state index in [9.17, 15) is 4.79 Å². The molecule has 0 unspecified atom stereocenters. The van der Waals surface area contributed by atoms with Crippen LogP contribution in [0.25, 0.3) is 0 Å². The monoisotopic (exact) mass is 432 g/mol. The minimum Gasteiger partial charge on any atom is -0.491 e. The lowest BCUT2D eigenvalue weighted by atomic mass is 10.1. The highest BCUT2D eigenvalue weighted by Crippen LogP contribution is 2.34. The number of amides is 1. The van der Waals surface area contributed by atoms with Gasteiger partial charge < -0.3 is 9.64 Å². The topological polar surface area (TPSA) is 32.8 Å². The van der Waals surface area contributed by atoms with Crippen LogP contribution in [0, 0.1) is 5.92 Å². The van der Waals surface area contributed by atoms with Crippen LogP contribution in [0.15, 0.2) is 42.5 Å². The Morgan fingerprint density at radius 1 is 1.17 bits per heavy atom. The van der Waals surface area contributed by atoms with E-state index in [1.54, 1.807) is 11.0 Å². The highest BCUT2D eigenvalue weighted by atomic mass is 35.5. The summed E-state index contributed by atoms with van der Waals surface area (Å²) in [5, 5.41) is 1.34. The summed E-state index contributed by atoms with van der Waals surface area (Å²) in [6.07, 6.45) is 4.30. The quantitative estimate of drug-likeness (QED) is 0.586. The van der Waals surface area contributed by atoms with E-state index in [1.165, 1.54) is 12.8 Å². The fourth-order valence-electron chi connectivity index (χ4n) is 3.87. The molecule has 2 aromatic rings. The van der Waals surface area contributed by atoms with Crippen LogP contribution >= 0.6 is 23.2 Å². The van der Waals surface area contributed by atoms with Crippen LogP contribution in [0.3, 0.4) is 0 Å². The van der Waals surface area contributed by atoms with Crippen LogP contribution in [-0.2, 0) is 11.3 Å². The van der Waals surface area contributed by atoms with Crippen molar-refractivity contribution in [3.05, 3.63) is 58.1 Å². The van der Waals surface area contributed by atoms with Gasteiger partial charge in [0.15, 0.2) is 0 Å². The van der Waals surface area contributed by atoms with E-state index in [2.05, 4.69) is 4.90 Å². The van der Waals surface area contributed by atoms with Gasteiger partial charge in [0, 0.05) is 23.6 Å². The Kier molecular flexibility index (Phi) is 6.33. The molecule has 1 amide bonds. The lowest BCUT2D eigenvalue weighted by molar-refractivity contribution is -0.122. The van der Waals surface area contributed by atoms with Gasteiger partial charge in [0.05, 0.1) is 18.3 Å². The first-order valence-corrected chi connectivity index (χ1v) is 11.0. The van der Waals surface area contributed by atoms with Crippen molar-refractivity contribution >= 4 is 34.8 Å². The van der Waals surface area contributed by atoms with Gasteiger partial charge in [0.2, 0.25) is 5.91 Å². The summed E-state index contributed by atoms with van der Waals surface area (Å²) in [5.41, 5.74) is 1.78. The van der Waals surface area contributed by atoms with E-state index in [4.69, 9.17) is 27.9 Å². The van der Waals surface area contributed by atoms with Crippen LogP contribution in [0.1, 0.15) is 31.2 Å². The highest BCUT2D eigenvalue weighted by Gasteiger charge is 2.34. The Labute approximate surface area is 182 Å². The number of ether oxygens (including phenoxy) is 1. The van der Waals surface area contributed by atoms with Gasteiger partial charge >= 0.3 is 0 Å². The van der Waals surface area contributed by atoms with Gasteiger partial charge in [0.1, 0.15) is 5.75 Å². The van der Waals surface area contributed by atoms with Crippen LogP contribution in [0.5, 0.6) is 5.75 Å². The van der Waals surface area contributed by atoms with Gasteiger partial charge in [-0.1, -0.05) is 35.3 Å². The number of likely N-dealkylation sites (tertiary alicyclic amines) is 1. The Hall–Kier alpha value is -1.75. The number of anilines is 1. The smallest absolute Gasteiger partial charge is 0.244 e. The van der Waals surface area contributed by atoms with Gasteiger partial charge in [-0.2, -0.15) is 0 Å². The predicted octanol–water partition coefficient (Wildman–Crippen LogP) is 5.41. The third kappa shape index (κ3) is 4.88. The second kappa shape index (κ2) is 8.95. The highest BCUT2D eigenvalue weighted by molar-refractivity contribution is 6.33. The zero-order valence-electron chi connectivity index (χ0n) is 16.6. The van der Waals surface area contributed by atoms with E-state index < -0.39 is 0 Å². The molecule has 29 heavy (non-hydrogen) atoms. The van der Waals surface area contributed by atoms with Gasteiger partial charge in [-0.05, 0) is 74.0 Å². The number of nitrogens with zero attached hydrogens (tertiary/aromatic N) is 2. The third-order valence-electron chi connectivity index (χ3n) is 5.76. The molecule has 1 saturated heterocycles. The molecule has 0 aromatic heterocycles. The van der Waals surface area contributed by atoms with Gasteiger partial charge in [-0.3, -0.25) is 9.69 Å². The maximum atomic E-state index is 13.4. The number of carbonyl (C=O) groups is 1. The average molecular weight is 433 g/mol. The number of hydrogen-bond acceptors (Lipinski definition) is 3. The maximum Gasteiger partial charge on any atom is 0.244 e. The molecule has 1 saturated carbocycles. The molecule has 1 aliphatic carbocycles. The lowest BCUT2D eigenvalue weighted by Gasteiger charge is -2.29. The second-order valence-electron chi connectivity index (χ2n) is 7.98. The number of likely N-dealkylation sites (N-methyl/N-ethyl adjacent to an activating group) is 1. The number of rotatable bonds is 7. The molecular formula is C23H26Cl2N2O2. The summed E-state index contributed by atoms with van der Waals surface area (Å²) in [7, 11) is 1.84. The fourth-order valence-corrected chi connectivity index (χ4v) is 4.24. The molecule has 4 nitrogen and oxygen atoms in total. The molecule has 0 N–H and O–H groups in total. The molecular weight excluding hydrogens is 407 g/mol. The predicted molar refractivity (Wildman–Crippen MR) is 118 cm³/mol. The maximum absolute atomic E-state index is 13.4. The summed E-state index contributed by atoms with van der Waals surface area (Å²) in [4.78, 5) is 17.3. The Morgan fingerprint density at radius 2 is 1.97 bits per heavy atom. The van der Waals surface area contributed by atoms with Crippen molar-refractivity contribution in [2.75, 3.05) is 25.1 Å². The van der Waals surface area contributed by atoms with Crippen molar-refractivity contribution in [1.29, 1.82) is 0 Å². The average Bonchev–Trinajstić information content (AvgIpc) is 3.45. The number of benzene rings is 2. The molecule has 1 atom stereocenters. The molecule has 154 valence electrons. The molecule has 2 aliphatic rings. The zero-order chi connectivity index (χ0) is 20.4. The van der Waals surface area contributed by atoms with E-state index >= 15 is 0 Å². The zero-order valence-corrected chi connectivity index (χ0v) is 18.1. The SMILES string of the molecule is CN(C(=O)[C@@H]1CCCN1Cc1cc(Cl)ccc1Cl)c1ccccc1OCC1CC1. The van der Waals surface area contributed by atoms with Crippen molar-refractivity contribution in [2.24, 2.45) is 5.92 Å². The summed E-state index contributed by atoms with van der Waals surface area (Å²) in [5.74, 6) is 1.53.